The summed E-state index contributed by atoms with van der Waals surface area (Å²) >= 11 is 0. The molecule has 5 nitrogen and oxygen atoms in total. The van der Waals surface area contributed by atoms with Crippen LogP contribution in [0.4, 0.5) is 0 Å². The van der Waals surface area contributed by atoms with Crippen LogP contribution in [-0.2, 0) is 11.3 Å². The van der Waals surface area contributed by atoms with E-state index in [1.165, 1.54) is 0 Å². The van der Waals surface area contributed by atoms with Gasteiger partial charge in [-0.3, -0.25) is 4.79 Å². The van der Waals surface area contributed by atoms with Gasteiger partial charge in [-0.1, -0.05) is 12.1 Å². The average Bonchev–Trinajstić information content (AvgIpc) is 2.33. The fourth-order valence-electron chi connectivity index (χ4n) is 1.38. The lowest BCUT2D eigenvalue weighted by molar-refractivity contribution is -0.119. The Hall–Kier alpha value is -1.75. The lowest BCUT2D eigenvalue weighted by atomic mass is 10.2. The number of amides is 1. The summed E-state index contributed by atoms with van der Waals surface area (Å²) in [5.74, 6) is 0.496. The second-order valence-corrected chi connectivity index (χ2v) is 3.47. The van der Waals surface area contributed by atoms with E-state index >= 15 is 0 Å². The molecule has 1 aromatic rings. The Labute approximate surface area is 101 Å². The van der Waals surface area contributed by atoms with Crippen LogP contribution < -0.4 is 15.4 Å². The number of hydrogen-bond donors (Lipinski definition) is 3. The van der Waals surface area contributed by atoms with Crippen molar-refractivity contribution in [2.45, 2.75) is 13.5 Å². The largest absolute Gasteiger partial charge is 0.504 e. The van der Waals surface area contributed by atoms with Crippen molar-refractivity contribution in [1.82, 2.24) is 10.6 Å². The van der Waals surface area contributed by atoms with Crippen molar-refractivity contribution in [2.75, 3.05) is 20.2 Å². The van der Waals surface area contributed by atoms with E-state index in [9.17, 15) is 9.90 Å². The number of aromatic hydroxyl groups is 1. The first-order valence-electron chi connectivity index (χ1n) is 5.54. The van der Waals surface area contributed by atoms with Gasteiger partial charge in [0.2, 0.25) is 5.91 Å². The van der Waals surface area contributed by atoms with Gasteiger partial charge in [-0.25, -0.2) is 0 Å². The number of ether oxygens (including phenoxy) is 1. The highest BCUT2D eigenvalue weighted by molar-refractivity contribution is 5.77. The fourth-order valence-corrected chi connectivity index (χ4v) is 1.38. The van der Waals surface area contributed by atoms with Gasteiger partial charge in [-0.2, -0.15) is 0 Å². The Bertz CT molecular complexity index is 380. The average molecular weight is 238 g/mol. The van der Waals surface area contributed by atoms with E-state index in [0.717, 1.165) is 0 Å². The molecule has 17 heavy (non-hydrogen) atoms. The van der Waals surface area contributed by atoms with Crippen molar-refractivity contribution in [1.29, 1.82) is 0 Å². The SMILES string of the molecule is CCOc1cccc(CNCC(=O)NC)c1O. The number of hydrogen-bond acceptors (Lipinski definition) is 4. The number of benzene rings is 1. The molecule has 0 heterocycles. The zero-order valence-corrected chi connectivity index (χ0v) is 10.1. The van der Waals surface area contributed by atoms with Crippen LogP contribution in [0.2, 0.25) is 0 Å². The molecule has 0 spiro atoms. The maximum absolute atomic E-state index is 11.0. The van der Waals surface area contributed by atoms with Crippen LogP contribution in [0.3, 0.4) is 0 Å². The molecule has 0 aromatic heterocycles. The van der Waals surface area contributed by atoms with Crippen LogP contribution in [0.15, 0.2) is 18.2 Å². The molecule has 0 unspecified atom stereocenters. The Morgan fingerprint density at radius 3 is 2.88 bits per heavy atom. The second-order valence-electron chi connectivity index (χ2n) is 3.47. The third-order valence-electron chi connectivity index (χ3n) is 2.26. The molecular formula is C12H18N2O3. The lowest BCUT2D eigenvalue weighted by Gasteiger charge is -2.10. The van der Waals surface area contributed by atoms with Gasteiger partial charge < -0.3 is 20.5 Å². The maximum Gasteiger partial charge on any atom is 0.233 e. The number of phenolic OH excluding ortho intramolecular Hbond substituents is 1. The monoisotopic (exact) mass is 238 g/mol. The quantitative estimate of drug-likeness (QED) is 0.679. The van der Waals surface area contributed by atoms with Gasteiger partial charge in [0.1, 0.15) is 0 Å². The smallest absolute Gasteiger partial charge is 0.233 e. The first-order chi connectivity index (χ1) is 8.19. The van der Waals surface area contributed by atoms with E-state index in [1.54, 1.807) is 19.2 Å². The summed E-state index contributed by atoms with van der Waals surface area (Å²) in [7, 11) is 1.58. The highest BCUT2D eigenvalue weighted by atomic mass is 16.5. The summed E-state index contributed by atoms with van der Waals surface area (Å²) in [5, 5.41) is 15.3. The van der Waals surface area contributed by atoms with Gasteiger partial charge in [0.25, 0.3) is 0 Å². The van der Waals surface area contributed by atoms with Crippen molar-refractivity contribution in [3.8, 4) is 11.5 Å². The number of phenols is 1. The minimum absolute atomic E-state index is 0.0922. The van der Waals surface area contributed by atoms with E-state index in [1.807, 2.05) is 13.0 Å². The lowest BCUT2D eigenvalue weighted by Crippen LogP contribution is -2.30. The number of rotatable bonds is 6. The molecule has 3 N–H and O–H groups in total. The van der Waals surface area contributed by atoms with Crippen molar-refractivity contribution in [3.05, 3.63) is 23.8 Å². The number of nitrogens with one attached hydrogen (secondary N) is 2. The zero-order valence-electron chi connectivity index (χ0n) is 10.1. The van der Waals surface area contributed by atoms with Crippen LogP contribution in [-0.4, -0.2) is 31.2 Å². The summed E-state index contributed by atoms with van der Waals surface area (Å²) < 4.78 is 5.27. The molecule has 0 aliphatic rings. The Kier molecular flexibility index (Phi) is 5.29. The number of carbonyl (C=O) groups excluding carboxylic acids is 1. The molecule has 1 rings (SSSR count). The first-order valence-corrected chi connectivity index (χ1v) is 5.54. The van der Waals surface area contributed by atoms with Crippen LogP contribution in [0.1, 0.15) is 12.5 Å². The van der Waals surface area contributed by atoms with Crippen molar-refractivity contribution in [3.63, 3.8) is 0 Å². The molecule has 0 atom stereocenters. The van der Waals surface area contributed by atoms with Crippen LogP contribution >= 0.6 is 0 Å². The highest BCUT2D eigenvalue weighted by Crippen LogP contribution is 2.29. The van der Waals surface area contributed by atoms with E-state index in [-0.39, 0.29) is 18.2 Å². The molecule has 5 heteroatoms. The van der Waals surface area contributed by atoms with Crippen LogP contribution in [0.5, 0.6) is 11.5 Å². The molecule has 0 saturated heterocycles. The van der Waals surface area contributed by atoms with Crippen molar-refractivity contribution >= 4 is 5.91 Å². The first kappa shape index (κ1) is 13.3. The van der Waals surface area contributed by atoms with Crippen LogP contribution in [0.25, 0.3) is 0 Å². The predicted octanol–water partition coefficient (Wildman–Crippen LogP) is 0.627. The van der Waals surface area contributed by atoms with E-state index in [0.29, 0.717) is 24.5 Å². The zero-order chi connectivity index (χ0) is 12.7. The topological polar surface area (TPSA) is 70.6 Å². The normalized spacial score (nSPS) is 10.0. The summed E-state index contributed by atoms with van der Waals surface area (Å²) in [6, 6.07) is 5.30. The van der Waals surface area contributed by atoms with Gasteiger partial charge in [0.15, 0.2) is 11.5 Å². The van der Waals surface area contributed by atoms with Crippen molar-refractivity contribution in [2.24, 2.45) is 0 Å². The Balaban J connectivity index is 2.59. The number of likely N-dealkylation sites (N-methyl/N-ethyl adjacent to an activating group) is 1. The van der Waals surface area contributed by atoms with Gasteiger partial charge >= 0.3 is 0 Å². The molecular weight excluding hydrogens is 220 g/mol. The Morgan fingerprint density at radius 2 is 2.24 bits per heavy atom. The van der Waals surface area contributed by atoms with Crippen LogP contribution in [0, 0.1) is 0 Å². The summed E-state index contributed by atoms with van der Waals surface area (Å²) in [4.78, 5) is 11.0. The summed E-state index contributed by atoms with van der Waals surface area (Å²) in [6.07, 6.45) is 0. The number of para-hydroxylation sites is 1. The Morgan fingerprint density at radius 1 is 1.47 bits per heavy atom. The molecule has 0 aliphatic heterocycles. The fraction of sp³-hybridized carbons (Fsp3) is 0.417. The molecule has 1 amide bonds. The predicted molar refractivity (Wildman–Crippen MR) is 65.0 cm³/mol. The molecule has 0 bridgehead atoms. The molecule has 0 fully saturated rings. The molecule has 94 valence electrons. The maximum atomic E-state index is 11.0. The third kappa shape index (κ3) is 3.96. The second kappa shape index (κ2) is 6.75. The number of carbonyl (C=O) groups is 1. The summed E-state index contributed by atoms with van der Waals surface area (Å²) in [6.45, 7) is 2.99. The minimum atomic E-state index is -0.0922. The standard InChI is InChI=1S/C12H18N2O3/c1-3-17-10-6-4-5-9(12(10)16)7-14-8-11(15)13-2/h4-6,14,16H,3,7-8H2,1-2H3,(H,13,15). The molecule has 0 aliphatic carbocycles. The highest BCUT2D eigenvalue weighted by Gasteiger charge is 2.07. The van der Waals surface area contributed by atoms with E-state index in [4.69, 9.17) is 4.74 Å². The summed E-state index contributed by atoms with van der Waals surface area (Å²) in [5.41, 5.74) is 0.708. The van der Waals surface area contributed by atoms with E-state index in [2.05, 4.69) is 10.6 Å². The van der Waals surface area contributed by atoms with Gasteiger partial charge in [-0.15, -0.1) is 0 Å². The van der Waals surface area contributed by atoms with Gasteiger partial charge in [0.05, 0.1) is 13.2 Å². The third-order valence-corrected chi connectivity index (χ3v) is 2.26. The molecule has 1 aromatic carbocycles. The van der Waals surface area contributed by atoms with Crippen molar-refractivity contribution < 1.29 is 14.6 Å². The van der Waals surface area contributed by atoms with Gasteiger partial charge in [0, 0.05) is 19.2 Å². The van der Waals surface area contributed by atoms with Gasteiger partial charge in [-0.05, 0) is 13.0 Å². The minimum Gasteiger partial charge on any atom is -0.504 e. The van der Waals surface area contributed by atoms with E-state index < -0.39 is 0 Å². The molecule has 0 saturated carbocycles. The molecule has 0 radical (unpaired) electrons.